The highest BCUT2D eigenvalue weighted by molar-refractivity contribution is 5.85. The number of benzene rings is 2. The van der Waals surface area contributed by atoms with Crippen molar-refractivity contribution in [2.24, 2.45) is 5.10 Å². The van der Waals surface area contributed by atoms with Crippen LogP contribution in [0.2, 0.25) is 0 Å². The van der Waals surface area contributed by atoms with Gasteiger partial charge in [-0.25, -0.2) is 0 Å². The Hall–Kier alpha value is -4.15. The minimum absolute atomic E-state index is 0.00462. The molecule has 2 aromatic rings. The summed E-state index contributed by atoms with van der Waals surface area (Å²) in [5.74, 6) is 0. The van der Waals surface area contributed by atoms with Crippen molar-refractivity contribution in [3.63, 3.8) is 0 Å². The van der Waals surface area contributed by atoms with Crippen LogP contribution >= 0.6 is 0 Å². The predicted molar refractivity (Wildman–Crippen MR) is 98.6 cm³/mol. The molecular weight excluding hydrogens is 358 g/mol. The van der Waals surface area contributed by atoms with E-state index in [0.717, 1.165) is 12.1 Å². The van der Waals surface area contributed by atoms with Crippen LogP contribution in [0, 0.1) is 30.3 Å². The van der Waals surface area contributed by atoms with E-state index >= 15 is 0 Å². The van der Waals surface area contributed by atoms with Crippen LogP contribution in [0.1, 0.15) is 12.5 Å². The zero-order valence-corrected chi connectivity index (χ0v) is 13.9. The summed E-state index contributed by atoms with van der Waals surface area (Å²) in [5, 5.41) is 36.2. The van der Waals surface area contributed by atoms with Gasteiger partial charge in [0, 0.05) is 18.2 Å². The Labute approximate surface area is 152 Å². The Kier molecular flexibility index (Phi) is 5.89. The second-order valence-corrected chi connectivity index (χ2v) is 5.32. The molecule has 0 atom stereocenters. The average molecular weight is 371 g/mol. The Bertz CT molecular complexity index is 952. The van der Waals surface area contributed by atoms with Crippen LogP contribution in [0.4, 0.5) is 22.7 Å². The molecule has 0 saturated heterocycles. The lowest BCUT2D eigenvalue weighted by Gasteiger charge is -2.02. The quantitative estimate of drug-likeness (QED) is 0.439. The van der Waals surface area contributed by atoms with Crippen LogP contribution in [0.25, 0.3) is 6.08 Å². The molecule has 11 nitrogen and oxygen atoms in total. The molecule has 0 aliphatic carbocycles. The Morgan fingerprint density at radius 3 is 2.07 bits per heavy atom. The smallest absolute Gasteiger partial charge is 0.272 e. The highest BCUT2D eigenvalue weighted by Crippen LogP contribution is 2.28. The molecule has 0 aliphatic heterocycles. The van der Waals surface area contributed by atoms with Crippen LogP contribution in [-0.2, 0) is 0 Å². The lowest BCUT2D eigenvalue weighted by atomic mass is 10.1. The van der Waals surface area contributed by atoms with Crippen molar-refractivity contribution >= 4 is 35.0 Å². The van der Waals surface area contributed by atoms with Crippen molar-refractivity contribution in [1.29, 1.82) is 0 Å². The molecule has 0 aromatic heterocycles. The topological polar surface area (TPSA) is 154 Å². The second kappa shape index (κ2) is 8.29. The molecule has 0 saturated carbocycles. The van der Waals surface area contributed by atoms with E-state index in [2.05, 4.69) is 10.5 Å². The average Bonchev–Trinajstić information content (AvgIpc) is 2.62. The van der Waals surface area contributed by atoms with Gasteiger partial charge in [0.2, 0.25) is 0 Å². The van der Waals surface area contributed by atoms with Gasteiger partial charge < -0.3 is 0 Å². The molecule has 138 valence electrons. The maximum Gasteiger partial charge on any atom is 0.301 e. The van der Waals surface area contributed by atoms with Gasteiger partial charge >= 0.3 is 5.69 Å². The number of nitrogens with zero attached hydrogens (tertiary/aromatic N) is 4. The molecule has 0 heterocycles. The third-order valence-electron chi connectivity index (χ3n) is 3.34. The van der Waals surface area contributed by atoms with Gasteiger partial charge in [-0.1, -0.05) is 6.08 Å². The van der Waals surface area contributed by atoms with Crippen molar-refractivity contribution in [2.75, 3.05) is 5.43 Å². The number of allylic oxidation sites excluding steroid dienone is 1. The number of hydrogen-bond acceptors (Lipinski definition) is 8. The predicted octanol–water partition coefficient (Wildman–Crippen LogP) is 3.91. The van der Waals surface area contributed by atoms with E-state index in [1.165, 1.54) is 24.4 Å². The molecule has 0 bridgehead atoms. The van der Waals surface area contributed by atoms with Gasteiger partial charge in [-0.2, -0.15) is 5.10 Å². The molecule has 0 radical (unpaired) electrons. The van der Waals surface area contributed by atoms with Gasteiger partial charge in [0.15, 0.2) is 0 Å². The SMILES string of the molecule is CC(C=NNc1ccc([N+](=O)[O-])cc1[N+](=O)[O-])=Cc1ccc([N+](=O)[O-])cc1. The number of nitrogens with one attached hydrogen (secondary N) is 1. The summed E-state index contributed by atoms with van der Waals surface area (Å²) >= 11 is 0. The van der Waals surface area contributed by atoms with Crippen LogP contribution < -0.4 is 5.43 Å². The third-order valence-corrected chi connectivity index (χ3v) is 3.34. The van der Waals surface area contributed by atoms with Gasteiger partial charge in [-0.05, 0) is 36.3 Å². The van der Waals surface area contributed by atoms with Gasteiger partial charge in [0.25, 0.3) is 11.4 Å². The number of rotatable bonds is 7. The number of anilines is 1. The minimum atomic E-state index is -0.746. The van der Waals surface area contributed by atoms with Crippen LogP contribution in [0.15, 0.2) is 53.1 Å². The summed E-state index contributed by atoms with van der Waals surface area (Å²) in [5.41, 5.74) is 2.97. The van der Waals surface area contributed by atoms with E-state index in [-0.39, 0.29) is 11.4 Å². The fourth-order valence-corrected chi connectivity index (χ4v) is 2.08. The van der Waals surface area contributed by atoms with Gasteiger partial charge in [-0.3, -0.25) is 35.8 Å². The van der Waals surface area contributed by atoms with Crippen molar-refractivity contribution in [2.45, 2.75) is 6.92 Å². The zero-order valence-electron chi connectivity index (χ0n) is 13.9. The lowest BCUT2D eigenvalue weighted by Crippen LogP contribution is -1.98. The molecule has 11 heteroatoms. The van der Waals surface area contributed by atoms with E-state index in [0.29, 0.717) is 11.1 Å². The fraction of sp³-hybridized carbons (Fsp3) is 0.0625. The maximum atomic E-state index is 11.0. The molecule has 2 aromatic carbocycles. The first-order valence-electron chi connectivity index (χ1n) is 7.42. The first kappa shape index (κ1) is 19.2. The monoisotopic (exact) mass is 371 g/mol. The van der Waals surface area contributed by atoms with Crippen molar-refractivity contribution in [1.82, 2.24) is 0 Å². The Balaban J connectivity index is 2.13. The molecule has 0 unspecified atom stereocenters. The van der Waals surface area contributed by atoms with Crippen molar-refractivity contribution < 1.29 is 14.8 Å². The fourth-order valence-electron chi connectivity index (χ4n) is 2.08. The number of hydrogen-bond donors (Lipinski definition) is 1. The third kappa shape index (κ3) is 5.16. The van der Waals surface area contributed by atoms with E-state index in [9.17, 15) is 30.3 Å². The van der Waals surface area contributed by atoms with E-state index in [1.54, 1.807) is 25.1 Å². The van der Waals surface area contributed by atoms with Crippen molar-refractivity contribution in [3.05, 3.63) is 83.9 Å². The highest BCUT2D eigenvalue weighted by Gasteiger charge is 2.19. The number of non-ortho nitro benzene ring substituents is 2. The summed E-state index contributed by atoms with van der Waals surface area (Å²) in [6.45, 7) is 1.72. The van der Waals surface area contributed by atoms with Gasteiger partial charge in [0.1, 0.15) is 5.69 Å². The van der Waals surface area contributed by atoms with Crippen molar-refractivity contribution in [3.8, 4) is 0 Å². The number of nitro groups is 3. The largest absolute Gasteiger partial charge is 0.301 e. The van der Waals surface area contributed by atoms with E-state index in [1.807, 2.05) is 0 Å². The molecule has 0 spiro atoms. The standard InChI is InChI=1S/C16H13N5O6/c1-11(8-12-2-4-13(5-3-12)19(22)23)10-17-18-15-7-6-14(20(24)25)9-16(15)21(26)27/h2-10,18H,1H3. The second-order valence-electron chi connectivity index (χ2n) is 5.32. The normalized spacial score (nSPS) is 11.4. The van der Waals surface area contributed by atoms with Crippen LogP contribution in [-0.4, -0.2) is 21.0 Å². The number of hydrazone groups is 1. The highest BCUT2D eigenvalue weighted by atomic mass is 16.6. The van der Waals surface area contributed by atoms with Gasteiger partial charge in [0.05, 0.1) is 27.1 Å². The first-order valence-corrected chi connectivity index (χ1v) is 7.42. The summed E-state index contributed by atoms with van der Waals surface area (Å²) in [6, 6.07) is 9.06. The lowest BCUT2D eigenvalue weighted by molar-refractivity contribution is -0.393. The maximum absolute atomic E-state index is 11.0. The van der Waals surface area contributed by atoms with E-state index in [4.69, 9.17) is 0 Å². The summed E-state index contributed by atoms with van der Waals surface area (Å²) in [6.07, 6.45) is 3.10. The summed E-state index contributed by atoms with van der Waals surface area (Å²) in [4.78, 5) is 30.4. The number of nitro benzene ring substituents is 3. The molecule has 0 fully saturated rings. The Morgan fingerprint density at radius 2 is 1.52 bits per heavy atom. The zero-order chi connectivity index (χ0) is 20.0. The Morgan fingerprint density at radius 1 is 0.926 bits per heavy atom. The molecule has 0 amide bonds. The molecule has 0 aliphatic rings. The van der Waals surface area contributed by atoms with Crippen LogP contribution in [0.3, 0.4) is 0 Å². The van der Waals surface area contributed by atoms with E-state index < -0.39 is 26.1 Å². The summed E-state index contributed by atoms with van der Waals surface area (Å²) < 4.78 is 0. The van der Waals surface area contributed by atoms with Crippen LogP contribution in [0.5, 0.6) is 0 Å². The first-order chi connectivity index (χ1) is 12.8. The minimum Gasteiger partial charge on any atom is -0.272 e. The molecule has 27 heavy (non-hydrogen) atoms. The molecule has 2 rings (SSSR count). The molecule has 1 N–H and O–H groups in total. The summed E-state index contributed by atoms with van der Waals surface area (Å²) in [7, 11) is 0. The molecular formula is C16H13N5O6. The van der Waals surface area contributed by atoms with Gasteiger partial charge in [-0.15, -0.1) is 0 Å².